The molecule has 3 N–H and O–H groups in total. The van der Waals surface area contributed by atoms with Crippen molar-refractivity contribution in [3.63, 3.8) is 0 Å². The maximum absolute atomic E-state index is 11.7. The van der Waals surface area contributed by atoms with E-state index in [2.05, 4.69) is 27.6 Å². The minimum Gasteiger partial charge on any atom is -0.507 e. The second kappa shape index (κ2) is 10.5. The van der Waals surface area contributed by atoms with Crippen LogP contribution in [0.25, 0.3) is 11.3 Å². The Labute approximate surface area is 179 Å². The number of hydrogen-bond donors (Lipinski definition) is 3. The van der Waals surface area contributed by atoms with E-state index in [1.807, 2.05) is 24.3 Å². The third-order valence-corrected chi connectivity index (χ3v) is 4.57. The van der Waals surface area contributed by atoms with Crippen LogP contribution >= 0.6 is 11.6 Å². The highest BCUT2D eigenvalue weighted by molar-refractivity contribution is 6.30. The molecule has 8 heteroatoms. The second-order valence-corrected chi connectivity index (χ2v) is 7.08. The van der Waals surface area contributed by atoms with E-state index in [1.165, 1.54) is 18.3 Å². The van der Waals surface area contributed by atoms with Crippen molar-refractivity contribution in [2.75, 3.05) is 12.0 Å². The summed E-state index contributed by atoms with van der Waals surface area (Å²) in [5, 5.41) is 21.0. The Bertz CT molecular complexity index is 1060. The van der Waals surface area contributed by atoms with E-state index in [9.17, 15) is 9.90 Å². The molecule has 0 unspecified atom stereocenters. The number of aromatic nitrogens is 2. The molecule has 0 amide bonds. The topological polar surface area (TPSA) is 99.6 Å². The van der Waals surface area contributed by atoms with Crippen LogP contribution in [0.15, 0.2) is 58.4 Å². The van der Waals surface area contributed by atoms with E-state index >= 15 is 0 Å². The highest BCUT2D eigenvalue weighted by Crippen LogP contribution is 2.26. The molecule has 156 valence electrons. The highest BCUT2D eigenvalue weighted by Gasteiger charge is 2.09. The van der Waals surface area contributed by atoms with Crippen LogP contribution in [0.3, 0.4) is 0 Å². The van der Waals surface area contributed by atoms with Crippen molar-refractivity contribution in [3.05, 3.63) is 69.5 Å². The predicted molar refractivity (Wildman–Crippen MR) is 120 cm³/mol. The molecule has 2 aromatic carbocycles. The summed E-state index contributed by atoms with van der Waals surface area (Å²) in [5.41, 5.74) is 4.63. The number of nitrogens with zero attached hydrogens (tertiary/aromatic N) is 2. The molecule has 0 saturated heterocycles. The largest absolute Gasteiger partial charge is 0.507 e. The van der Waals surface area contributed by atoms with Gasteiger partial charge in [0.2, 0.25) is 0 Å². The quantitative estimate of drug-likeness (QED) is 0.259. The zero-order valence-corrected chi connectivity index (χ0v) is 17.3. The van der Waals surface area contributed by atoms with Crippen LogP contribution in [-0.2, 0) is 0 Å². The summed E-state index contributed by atoms with van der Waals surface area (Å²) in [6.45, 7) is 2.83. The zero-order valence-electron chi connectivity index (χ0n) is 16.6. The van der Waals surface area contributed by atoms with Crippen molar-refractivity contribution >= 4 is 23.5 Å². The number of benzene rings is 2. The fourth-order valence-corrected chi connectivity index (χ4v) is 2.94. The standard InChI is InChI=1S/C22H23ClN4O3/c1-2-3-4-11-30-18-8-5-15(6-9-18)22-19(13-21(29)26-27-22)25-24-14-16-12-17(23)7-10-20(16)28/h5-10,12-14,28H,2-4,11H2,1H3,(H2,25,26,29)/b24-14+. The van der Waals surface area contributed by atoms with E-state index in [4.69, 9.17) is 16.3 Å². The number of aromatic hydroxyl groups is 1. The molecule has 0 aliphatic rings. The molecule has 3 aromatic rings. The van der Waals surface area contributed by atoms with Gasteiger partial charge >= 0.3 is 0 Å². The molecule has 3 rings (SSSR count). The third-order valence-electron chi connectivity index (χ3n) is 4.33. The average Bonchev–Trinajstić information content (AvgIpc) is 2.74. The SMILES string of the molecule is CCCCCOc1ccc(-c2n[nH]c(=O)cc2N/N=C/c2cc(Cl)ccc2O)cc1. The smallest absolute Gasteiger partial charge is 0.266 e. The molecular formula is C22H23ClN4O3. The molecule has 0 saturated carbocycles. The van der Waals surface area contributed by atoms with E-state index < -0.39 is 0 Å². The number of ether oxygens (including phenoxy) is 1. The first-order valence-corrected chi connectivity index (χ1v) is 10.0. The van der Waals surface area contributed by atoms with Crippen molar-refractivity contribution in [2.24, 2.45) is 5.10 Å². The van der Waals surface area contributed by atoms with Gasteiger partial charge < -0.3 is 9.84 Å². The lowest BCUT2D eigenvalue weighted by molar-refractivity contribution is 0.306. The number of aromatic amines is 1. The van der Waals surface area contributed by atoms with Crippen LogP contribution < -0.4 is 15.7 Å². The lowest BCUT2D eigenvalue weighted by atomic mass is 10.1. The molecule has 1 heterocycles. The number of rotatable bonds is 9. The van der Waals surface area contributed by atoms with E-state index in [0.29, 0.717) is 28.6 Å². The van der Waals surface area contributed by atoms with Gasteiger partial charge in [0.05, 0.1) is 18.5 Å². The van der Waals surface area contributed by atoms with Crippen LogP contribution in [0.4, 0.5) is 5.69 Å². The zero-order chi connectivity index (χ0) is 21.3. The van der Waals surface area contributed by atoms with Crippen molar-refractivity contribution in [2.45, 2.75) is 26.2 Å². The monoisotopic (exact) mass is 426 g/mol. The van der Waals surface area contributed by atoms with Crippen molar-refractivity contribution in [1.82, 2.24) is 10.2 Å². The van der Waals surface area contributed by atoms with Crippen LogP contribution in [-0.4, -0.2) is 28.1 Å². The highest BCUT2D eigenvalue weighted by atomic mass is 35.5. The number of nitrogens with one attached hydrogen (secondary N) is 2. The molecule has 0 aliphatic carbocycles. The number of hydrogen-bond acceptors (Lipinski definition) is 6. The maximum Gasteiger partial charge on any atom is 0.266 e. The first kappa shape index (κ1) is 21.4. The Morgan fingerprint density at radius 1 is 1.20 bits per heavy atom. The Morgan fingerprint density at radius 2 is 2.00 bits per heavy atom. The second-order valence-electron chi connectivity index (χ2n) is 6.65. The number of hydrazone groups is 1. The molecule has 0 spiro atoms. The summed E-state index contributed by atoms with van der Waals surface area (Å²) in [4.78, 5) is 11.7. The Kier molecular flexibility index (Phi) is 7.45. The van der Waals surface area contributed by atoms with Gasteiger partial charge in [-0.3, -0.25) is 10.2 Å². The fourth-order valence-electron chi connectivity index (χ4n) is 2.76. The van der Waals surface area contributed by atoms with Crippen LogP contribution in [0, 0.1) is 0 Å². The molecule has 0 bridgehead atoms. The van der Waals surface area contributed by atoms with Gasteiger partial charge in [-0.25, -0.2) is 5.10 Å². The van der Waals surface area contributed by atoms with E-state index in [0.717, 1.165) is 30.6 Å². The molecule has 0 aliphatic heterocycles. The van der Waals surface area contributed by atoms with Gasteiger partial charge in [0, 0.05) is 22.2 Å². The fraction of sp³-hybridized carbons (Fsp3) is 0.227. The van der Waals surface area contributed by atoms with Crippen LogP contribution in [0.2, 0.25) is 5.02 Å². The normalized spacial score (nSPS) is 11.0. The van der Waals surface area contributed by atoms with Gasteiger partial charge in [-0.2, -0.15) is 10.2 Å². The van der Waals surface area contributed by atoms with Crippen LogP contribution in [0.5, 0.6) is 11.5 Å². The third kappa shape index (κ3) is 5.84. The summed E-state index contributed by atoms with van der Waals surface area (Å²) >= 11 is 5.94. The molecular weight excluding hydrogens is 404 g/mol. The number of halogens is 1. The molecule has 0 radical (unpaired) electrons. The number of phenols is 1. The summed E-state index contributed by atoms with van der Waals surface area (Å²) < 4.78 is 5.73. The van der Waals surface area contributed by atoms with Gasteiger partial charge in [-0.05, 0) is 48.9 Å². The van der Waals surface area contributed by atoms with Gasteiger partial charge in [0.15, 0.2) is 0 Å². The lowest BCUT2D eigenvalue weighted by Gasteiger charge is -2.09. The Hall–Kier alpha value is -3.32. The molecule has 0 atom stereocenters. The van der Waals surface area contributed by atoms with Gasteiger partial charge in [0.1, 0.15) is 17.2 Å². The van der Waals surface area contributed by atoms with Gasteiger partial charge in [-0.15, -0.1) is 0 Å². The first-order valence-electron chi connectivity index (χ1n) is 9.67. The molecule has 0 fully saturated rings. The lowest BCUT2D eigenvalue weighted by Crippen LogP contribution is -2.10. The predicted octanol–water partition coefficient (Wildman–Crippen LogP) is 4.81. The minimum atomic E-state index is -0.363. The van der Waals surface area contributed by atoms with Crippen molar-refractivity contribution in [1.29, 1.82) is 0 Å². The van der Waals surface area contributed by atoms with Crippen molar-refractivity contribution < 1.29 is 9.84 Å². The summed E-state index contributed by atoms with van der Waals surface area (Å²) in [7, 11) is 0. The number of H-pyrrole nitrogens is 1. The Balaban J connectivity index is 1.76. The number of phenolic OH excluding ortho intramolecular Hbond substituents is 1. The number of anilines is 1. The Morgan fingerprint density at radius 3 is 2.77 bits per heavy atom. The van der Waals surface area contributed by atoms with Gasteiger partial charge in [0.25, 0.3) is 5.56 Å². The number of unbranched alkanes of at least 4 members (excludes halogenated alkanes) is 2. The molecule has 7 nitrogen and oxygen atoms in total. The molecule has 30 heavy (non-hydrogen) atoms. The van der Waals surface area contributed by atoms with E-state index in [-0.39, 0.29) is 11.3 Å². The van der Waals surface area contributed by atoms with E-state index in [1.54, 1.807) is 12.1 Å². The minimum absolute atomic E-state index is 0.0451. The van der Waals surface area contributed by atoms with Gasteiger partial charge in [-0.1, -0.05) is 31.4 Å². The first-order chi connectivity index (χ1) is 14.6. The molecule has 1 aromatic heterocycles. The summed E-state index contributed by atoms with van der Waals surface area (Å²) in [5.74, 6) is 0.826. The average molecular weight is 427 g/mol. The van der Waals surface area contributed by atoms with Crippen molar-refractivity contribution in [3.8, 4) is 22.8 Å². The maximum atomic E-state index is 11.7. The van der Waals surface area contributed by atoms with Crippen LogP contribution in [0.1, 0.15) is 31.7 Å². The summed E-state index contributed by atoms with van der Waals surface area (Å²) in [6.07, 6.45) is 4.73. The summed E-state index contributed by atoms with van der Waals surface area (Å²) in [6, 6.07) is 13.5.